The first-order valence-electron chi connectivity index (χ1n) is 8.89. The highest BCUT2D eigenvalue weighted by atomic mass is 32.2. The Morgan fingerprint density at radius 1 is 1.00 bits per heavy atom. The number of nitrogens with one attached hydrogen (secondary N) is 1. The van der Waals surface area contributed by atoms with E-state index in [-0.39, 0.29) is 0 Å². The normalized spacial score (nSPS) is 10.8. The van der Waals surface area contributed by atoms with E-state index in [1.54, 1.807) is 25.3 Å². The summed E-state index contributed by atoms with van der Waals surface area (Å²) in [7, 11) is 1.34. The molecule has 0 atom stereocenters. The van der Waals surface area contributed by atoms with Gasteiger partial charge in [-0.1, -0.05) is 24.3 Å². The number of carboxylic acids is 2. The highest BCUT2D eigenvalue weighted by Crippen LogP contribution is 2.15. The number of hydrogen-bond acceptors (Lipinski definition) is 6. The first-order chi connectivity index (χ1) is 14.1. The largest absolute Gasteiger partial charge is 0.497 e. The van der Waals surface area contributed by atoms with Crippen molar-refractivity contribution in [1.82, 2.24) is 9.62 Å². The molecule has 0 aliphatic rings. The average Bonchev–Trinajstić information content (AvgIpc) is 2.72. The van der Waals surface area contributed by atoms with Crippen LogP contribution in [0.4, 0.5) is 0 Å². The molecule has 164 valence electrons. The van der Waals surface area contributed by atoms with Gasteiger partial charge in [-0.05, 0) is 48.4 Å². The summed E-state index contributed by atoms with van der Waals surface area (Å²) in [6.45, 7) is 1.45. The molecule has 0 bridgehead atoms. The molecule has 30 heavy (non-hydrogen) atoms. The number of methoxy groups -OCH3 is 1. The topological polar surface area (TPSA) is 133 Å². The molecule has 3 N–H and O–H groups in total. The lowest BCUT2D eigenvalue weighted by atomic mass is 10.1. The van der Waals surface area contributed by atoms with Gasteiger partial charge in [0.05, 0.1) is 12.0 Å². The van der Waals surface area contributed by atoms with Crippen molar-refractivity contribution in [1.29, 1.82) is 0 Å². The smallest absolute Gasteiger partial charge is 0.414 e. The van der Waals surface area contributed by atoms with Crippen molar-refractivity contribution >= 4 is 22.0 Å². The molecule has 0 aliphatic carbocycles. The van der Waals surface area contributed by atoms with Gasteiger partial charge in [0.25, 0.3) is 0 Å². The summed E-state index contributed by atoms with van der Waals surface area (Å²) in [4.78, 5) is 18.5. The Bertz CT molecular complexity index is 930. The van der Waals surface area contributed by atoms with Crippen LogP contribution in [0, 0.1) is 0 Å². The van der Waals surface area contributed by atoms with Crippen LogP contribution in [0.15, 0.2) is 53.4 Å². The molecule has 0 fully saturated rings. The van der Waals surface area contributed by atoms with Gasteiger partial charge in [0, 0.05) is 20.6 Å². The second-order valence-electron chi connectivity index (χ2n) is 6.32. The number of carboxylic acid groups (broad SMARTS) is 2. The van der Waals surface area contributed by atoms with Crippen LogP contribution >= 0.6 is 0 Å². The molecule has 2 aromatic carbocycles. The van der Waals surface area contributed by atoms with E-state index >= 15 is 0 Å². The lowest BCUT2D eigenvalue weighted by Gasteiger charge is -2.12. The number of nitrogens with zero attached hydrogens (tertiary/aromatic N) is 1. The van der Waals surface area contributed by atoms with E-state index in [2.05, 4.69) is 5.32 Å². The van der Waals surface area contributed by atoms with Crippen molar-refractivity contribution in [2.24, 2.45) is 0 Å². The fourth-order valence-corrected chi connectivity index (χ4v) is 3.26. The quantitative estimate of drug-likeness (QED) is 0.416. The van der Waals surface area contributed by atoms with Gasteiger partial charge < -0.3 is 20.3 Å². The molecule has 0 saturated heterocycles. The SMILES string of the molecule is COc1ccc(CCNCc2cccc(S(=O)(=O)N(C)C)c2)cc1.O=C(O)C(=O)O. The summed E-state index contributed by atoms with van der Waals surface area (Å²) in [6, 6.07) is 15.0. The van der Waals surface area contributed by atoms with Crippen molar-refractivity contribution in [3.63, 3.8) is 0 Å². The minimum absolute atomic E-state index is 0.321. The van der Waals surface area contributed by atoms with E-state index in [0.29, 0.717) is 11.4 Å². The Balaban J connectivity index is 0.000000656. The molecule has 2 rings (SSSR count). The van der Waals surface area contributed by atoms with Gasteiger partial charge in [0.1, 0.15) is 5.75 Å². The maximum absolute atomic E-state index is 12.1. The molecule has 0 aliphatic heterocycles. The van der Waals surface area contributed by atoms with Crippen LogP contribution in [0.2, 0.25) is 0 Å². The highest BCUT2D eigenvalue weighted by molar-refractivity contribution is 7.89. The van der Waals surface area contributed by atoms with Gasteiger partial charge in [-0.25, -0.2) is 22.3 Å². The van der Waals surface area contributed by atoms with E-state index in [0.717, 1.165) is 24.3 Å². The number of hydrogen-bond donors (Lipinski definition) is 3. The number of carbonyl (C=O) groups is 2. The molecule has 0 radical (unpaired) electrons. The zero-order valence-corrected chi connectivity index (χ0v) is 17.8. The third-order valence-electron chi connectivity index (χ3n) is 3.94. The highest BCUT2D eigenvalue weighted by Gasteiger charge is 2.16. The average molecular weight is 439 g/mol. The first kappa shape index (κ1) is 25.1. The lowest BCUT2D eigenvalue weighted by Crippen LogP contribution is -2.22. The summed E-state index contributed by atoms with van der Waals surface area (Å²) in [5.41, 5.74) is 2.18. The van der Waals surface area contributed by atoms with Gasteiger partial charge in [-0.2, -0.15) is 0 Å². The van der Waals surface area contributed by atoms with E-state index in [1.165, 1.54) is 24.0 Å². The van der Waals surface area contributed by atoms with Crippen molar-refractivity contribution < 1.29 is 33.0 Å². The minimum atomic E-state index is -3.39. The third-order valence-corrected chi connectivity index (χ3v) is 5.75. The summed E-state index contributed by atoms with van der Waals surface area (Å²) in [5, 5.41) is 18.1. The van der Waals surface area contributed by atoms with Crippen molar-refractivity contribution in [2.45, 2.75) is 17.9 Å². The molecule has 0 amide bonds. The van der Waals surface area contributed by atoms with Gasteiger partial charge >= 0.3 is 11.9 Å². The first-order valence-corrected chi connectivity index (χ1v) is 10.3. The molecule has 0 spiro atoms. The molecule has 0 heterocycles. The van der Waals surface area contributed by atoms with Crippen molar-refractivity contribution in [3.05, 3.63) is 59.7 Å². The predicted octanol–water partition coefficient (Wildman–Crippen LogP) is 1.43. The Morgan fingerprint density at radius 3 is 2.10 bits per heavy atom. The standard InChI is InChI=1S/C18H24N2O3S.C2H2O4/c1-20(2)24(21,22)18-6-4-5-16(13-18)14-19-12-11-15-7-9-17(23-3)10-8-15;3-1(4)2(5)6/h4-10,13,19H,11-12,14H2,1-3H3;(H,3,4)(H,5,6). The molecule has 9 nitrogen and oxygen atoms in total. The maximum Gasteiger partial charge on any atom is 0.414 e. The summed E-state index contributed by atoms with van der Waals surface area (Å²) in [6.07, 6.45) is 0.902. The van der Waals surface area contributed by atoms with E-state index in [1.807, 2.05) is 30.3 Å². The number of rotatable bonds is 8. The van der Waals surface area contributed by atoms with Crippen LogP contribution in [-0.4, -0.2) is 62.6 Å². The van der Waals surface area contributed by atoms with Crippen molar-refractivity contribution in [2.75, 3.05) is 27.7 Å². The Hall–Kier alpha value is -2.95. The molecule has 0 saturated carbocycles. The molecule has 10 heteroatoms. The number of sulfonamides is 1. The predicted molar refractivity (Wildman–Crippen MR) is 111 cm³/mol. The Labute approximate surface area is 176 Å². The number of aliphatic carboxylic acids is 2. The van der Waals surface area contributed by atoms with Gasteiger partial charge in [0.2, 0.25) is 10.0 Å². The van der Waals surface area contributed by atoms with Crippen LogP contribution in [0.1, 0.15) is 11.1 Å². The van der Waals surface area contributed by atoms with E-state index in [9.17, 15) is 8.42 Å². The molecule has 2 aromatic rings. The fourth-order valence-electron chi connectivity index (χ4n) is 2.28. The third kappa shape index (κ3) is 8.19. The summed E-state index contributed by atoms with van der Waals surface area (Å²) < 4.78 is 30.7. The van der Waals surface area contributed by atoms with Crippen molar-refractivity contribution in [3.8, 4) is 5.75 Å². The minimum Gasteiger partial charge on any atom is -0.497 e. The second kappa shape index (κ2) is 11.9. The number of ether oxygens (including phenoxy) is 1. The van der Waals surface area contributed by atoms with Crippen LogP contribution in [-0.2, 0) is 32.6 Å². The van der Waals surface area contributed by atoms with Gasteiger partial charge in [-0.15, -0.1) is 0 Å². The zero-order chi connectivity index (χ0) is 22.7. The molecular weight excluding hydrogens is 412 g/mol. The monoisotopic (exact) mass is 438 g/mol. The van der Waals surface area contributed by atoms with Gasteiger partial charge in [-0.3, -0.25) is 0 Å². The van der Waals surface area contributed by atoms with Gasteiger partial charge in [0.15, 0.2) is 0 Å². The van der Waals surface area contributed by atoms with Crippen LogP contribution < -0.4 is 10.1 Å². The fraction of sp³-hybridized carbons (Fsp3) is 0.300. The van der Waals surface area contributed by atoms with Crippen LogP contribution in [0.3, 0.4) is 0 Å². The Morgan fingerprint density at radius 2 is 1.60 bits per heavy atom. The summed E-state index contributed by atoms with van der Waals surface area (Å²) in [5.74, 6) is -2.80. The zero-order valence-electron chi connectivity index (χ0n) is 17.0. The van der Waals surface area contributed by atoms with E-state index in [4.69, 9.17) is 24.5 Å². The maximum atomic E-state index is 12.1. The summed E-state index contributed by atoms with van der Waals surface area (Å²) >= 11 is 0. The van der Waals surface area contributed by atoms with Crippen LogP contribution in [0.25, 0.3) is 0 Å². The molecule has 0 aromatic heterocycles. The Kier molecular flexibility index (Phi) is 9.96. The van der Waals surface area contributed by atoms with Crippen LogP contribution in [0.5, 0.6) is 5.75 Å². The van der Waals surface area contributed by atoms with E-state index < -0.39 is 22.0 Å². The molecule has 0 unspecified atom stereocenters. The molecular formula is C20H26N2O7S. The lowest BCUT2D eigenvalue weighted by molar-refractivity contribution is -0.159. The second-order valence-corrected chi connectivity index (χ2v) is 8.47. The number of benzene rings is 2.